The van der Waals surface area contributed by atoms with E-state index in [1.807, 2.05) is 55.5 Å². The molecule has 170 valence electrons. The Morgan fingerprint density at radius 3 is 2.41 bits per heavy atom. The van der Waals surface area contributed by atoms with Crippen molar-refractivity contribution in [1.29, 1.82) is 5.26 Å². The zero-order valence-corrected chi connectivity index (χ0v) is 20.4. The molecule has 1 aliphatic heterocycles. The zero-order chi connectivity index (χ0) is 24.2. The number of amides is 2. The smallest absolute Gasteiger partial charge is 0.269 e. The summed E-state index contributed by atoms with van der Waals surface area (Å²) in [5, 5.41) is 13.5. The van der Waals surface area contributed by atoms with Gasteiger partial charge in [-0.15, -0.1) is 0 Å². The standard InChI is InChI=1S/C26H19Cl2N3O2S/c1-16-5-11-21(12-6-16)31-25(33)23(14-17-3-2-4-19(28)13-17)34-26(31)22(15-29)24(32)30-20-9-7-18(27)8-10-20/h2-13,23H,14H2,1H3,(H,30,32)/b26-22-/t23-/m0/s1. The molecule has 0 aliphatic carbocycles. The molecule has 0 unspecified atom stereocenters. The van der Waals surface area contributed by atoms with E-state index in [2.05, 4.69) is 5.32 Å². The van der Waals surface area contributed by atoms with Crippen molar-refractivity contribution in [3.63, 3.8) is 0 Å². The lowest BCUT2D eigenvalue weighted by molar-refractivity contribution is -0.117. The fourth-order valence-electron chi connectivity index (χ4n) is 3.52. The predicted octanol–water partition coefficient (Wildman–Crippen LogP) is 6.37. The van der Waals surface area contributed by atoms with Crippen molar-refractivity contribution in [2.24, 2.45) is 0 Å². The maximum absolute atomic E-state index is 13.5. The van der Waals surface area contributed by atoms with E-state index in [1.54, 1.807) is 30.3 Å². The summed E-state index contributed by atoms with van der Waals surface area (Å²) in [5.41, 5.74) is 2.88. The Bertz CT molecular complexity index is 1320. The summed E-state index contributed by atoms with van der Waals surface area (Å²) < 4.78 is 0. The van der Waals surface area contributed by atoms with E-state index in [9.17, 15) is 14.9 Å². The van der Waals surface area contributed by atoms with Crippen LogP contribution in [-0.2, 0) is 16.0 Å². The fraction of sp³-hybridized carbons (Fsp3) is 0.115. The van der Waals surface area contributed by atoms with Crippen molar-refractivity contribution in [1.82, 2.24) is 0 Å². The highest BCUT2D eigenvalue weighted by molar-refractivity contribution is 8.05. The SMILES string of the molecule is Cc1ccc(N2C(=O)[C@H](Cc3cccc(Cl)c3)S/C2=C(/C#N)C(=O)Nc2ccc(Cl)cc2)cc1. The minimum absolute atomic E-state index is 0.137. The number of benzene rings is 3. The number of nitrogens with one attached hydrogen (secondary N) is 1. The van der Waals surface area contributed by atoms with Gasteiger partial charge in [0.1, 0.15) is 16.7 Å². The summed E-state index contributed by atoms with van der Waals surface area (Å²) in [6, 6.07) is 23.3. The third-order valence-corrected chi connectivity index (χ3v) is 6.96. The van der Waals surface area contributed by atoms with Crippen LogP contribution in [0.5, 0.6) is 0 Å². The van der Waals surface area contributed by atoms with Gasteiger partial charge in [0.15, 0.2) is 0 Å². The second-order valence-electron chi connectivity index (χ2n) is 7.70. The number of halogens is 2. The van der Waals surface area contributed by atoms with E-state index in [0.717, 1.165) is 11.1 Å². The molecule has 0 spiro atoms. The van der Waals surface area contributed by atoms with Crippen LogP contribution in [0.3, 0.4) is 0 Å². The highest BCUT2D eigenvalue weighted by Crippen LogP contribution is 2.42. The number of rotatable bonds is 5. The Kier molecular flexibility index (Phi) is 7.28. The average molecular weight is 508 g/mol. The van der Waals surface area contributed by atoms with Gasteiger partial charge in [0, 0.05) is 21.4 Å². The normalized spacial score (nSPS) is 16.8. The Hall–Kier alpha value is -3.24. The summed E-state index contributed by atoms with van der Waals surface area (Å²) in [5.74, 6) is -0.795. The lowest BCUT2D eigenvalue weighted by Gasteiger charge is -2.19. The van der Waals surface area contributed by atoms with Gasteiger partial charge in [-0.05, 0) is 67.4 Å². The number of carbonyl (C=O) groups is 2. The molecule has 3 aromatic carbocycles. The van der Waals surface area contributed by atoms with Crippen LogP contribution in [0.2, 0.25) is 10.0 Å². The van der Waals surface area contributed by atoms with E-state index < -0.39 is 11.2 Å². The van der Waals surface area contributed by atoms with E-state index in [1.165, 1.54) is 16.7 Å². The molecule has 0 saturated carbocycles. The van der Waals surface area contributed by atoms with Gasteiger partial charge in [0.25, 0.3) is 5.91 Å². The first kappa shape index (κ1) is 23.9. The quantitative estimate of drug-likeness (QED) is 0.321. The summed E-state index contributed by atoms with van der Waals surface area (Å²) in [6.07, 6.45) is 0.410. The maximum atomic E-state index is 13.5. The number of hydrogen-bond donors (Lipinski definition) is 1. The average Bonchev–Trinajstić information content (AvgIpc) is 3.12. The van der Waals surface area contributed by atoms with Gasteiger partial charge in [-0.25, -0.2) is 0 Å². The topological polar surface area (TPSA) is 73.2 Å². The Morgan fingerprint density at radius 2 is 1.76 bits per heavy atom. The third-order valence-electron chi connectivity index (χ3n) is 5.21. The van der Waals surface area contributed by atoms with Gasteiger partial charge in [-0.3, -0.25) is 14.5 Å². The molecule has 1 N–H and O–H groups in total. The minimum Gasteiger partial charge on any atom is -0.321 e. The molecule has 0 aromatic heterocycles. The molecule has 3 aromatic rings. The number of nitrogens with zero attached hydrogens (tertiary/aromatic N) is 2. The highest BCUT2D eigenvalue weighted by Gasteiger charge is 2.40. The Morgan fingerprint density at radius 1 is 1.06 bits per heavy atom. The predicted molar refractivity (Wildman–Crippen MR) is 138 cm³/mol. The van der Waals surface area contributed by atoms with Gasteiger partial charge in [-0.2, -0.15) is 5.26 Å². The van der Waals surface area contributed by atoms with Crippen LogP contribution in [0, 0.1) is 18.3 Å². The Labute approximate surface area is 212 Å². The number of hydrogen-bond acceptors (Lipinski definition) is 4. The highest BCUT2D eigenvalue weighted by atomic mass is 35.5. The number of carbonyl (C=O) groups excluding carboxylic acids is 2. The molecule has 2 amide bonds. The molecule has 1 aliphatic rings. The molecule has 0 radical (unpaired) electrons. The van der Waals surface area contributed by atoms with E-state index in [-0.39, 0.29) is 11.5 Å². The van der Waals surface area contributed by atoms with Gasteiger partial charge < -0.3 is 5.32 Å². The van der Waals surface area contributed by atoms with Crippen molar-refractivity contribution >= 4 is 58.2 Å². The zero-order valence-electron chi connectivity index (χ0n) is 18.1. The summed E-state index contributed by atoms with van der Waals surface area (Å²) >= 11 is 13.2. The van der Waals surface area contributed by atoms with Crippen LogP contribution in [-0.4, -0.2) is 17.1 Å². The van der Waals surface area contributed by atoms with Gasteiger partial charge >= 0.3 is 0 Å². The minimum atomic E-state index is -0.597. The first-order valence-corrected chi connectivity index (χ1v) is 12.0. The van der Waals surface area contributed by atoms with Crippen molar-refractivity contribution in [3.05, 3.63) is 105 Å². The molecular weight excluding hydrogens is 489 g/mol. The maximum Gasteiger partial charge on any atom is 0.269 e. The van der Waals surface area contributed by atoms with Gasteiger partial charge in [0.05, 0.1) is 5.25 Å². The molecule has 8 heteroatoms. The van der Waals surface area contributed by atoms with Crippen LogP contribution < -0.4 is 10.2 Å². The molecule has 34 heavy (non-hydrogen) atoms. The van der Waals surface area contributed by atoms with Crippen molar-refractivity contribution < 1.29 is 9.59 Å². The molecule has 4 rings (SSSR count). The second kappa shape index (κ2) is 10.4. The molecule has 1 saturated heterocycles. The van der Waals surface area contributed by atoms with Gasteiger partial charge in [0.2, 0.25) is 5.91 Å². The monoisotopic (exact) mass is 507 g/mol. The molecule has 5 nitrogen and oxygen atoms in total. The van der Waals surface area contributed by atoms with Crippen LogP contribution >= 0.6 is 35.0 Å². The molecule has 1 atom stereocenters. The second-order valence-corrected chi connectivity index (χ2v) is 9.77. The van der Waals surface area contributed by atoms with E-state index >= 15 is 0 Å². The number of nitriles is 1. The van der Waals surface area contributed by atoms with E-state index in [0.29, 0.717) is 32.9 Å². The third kappa shape index (κ3) is 5.28. The van der Waals surface area contributed by atoms with Gasteiger partial charge in [-0.1, -0.05) is 64.8 Å². The van der Waals surface area contributed by atoms with E-state index in [4.69, 9.17) is 23.2 Å². The Balaban J connectivity index is 1.72. The first-order chi connectivity index (χ1) is 16.4. The van der Waals surface area contributed by atoms with Crippen LogP contribution in [0.15, 0.2) is 83.4 Å². The number of thioether (sulfide) groups is 1. The summed E-state index contributed by atoms with van der Waals surface area (Å²) in [7, 11) is 0. The fourth-order valence-corrected chi connectivity index (χ4v) is 5.17. The lowest BCUT2D eigenvalue weighted by atomic mass is 10.1. The molecular formula is C26H19Cl2N3O2S. The first-order valence-electron chi connectivity index (χ1n) is 10.4. The van der Waals surface area contributed by atoms with Crippen LogP contribution in [0.4, 0.5) is 11.4 Å². The summed E-state index contributed by atoms with van der Waals surface area (Å²) in [6.45, 7) is 1.95. The molecule has 0 bridgehead atoms. The number of anilines is 2. The van der Waals surface area contributed by atoms with Crippen LogP contribution in [0.25, 0.3) is 0 Å². The largest absolute Gasteiger partial charge is 0.321 e. The van der Waals surface area contributed by atoms with Crippen molar-refractivity contribution in [2.75, 3.05) is 10.2 Å². The van der Waals surface area contributed by atoms with Crippen molar-refractivity contribution in [3.8, 4) is 6.07 Å². The summed E-state index contributed by atoms with van der Waals surface area (Å²) in [4.78, 5) is 28.0. The van der Waals surface area contributed by atoms with Crippen LogP contribution in [0.1, 0.15) is 11.1 Å². The molecule has 1 fully saturated rings. The lowest BCUT2D eigenvalue weighted by Crippen LogP contribution is -2.30. The van der Waals surface area contributed by atoms with Crippen molar-refractivity contribution in [2.45, 2.75) is 18.6 Å². The molecule has 1 heterocycles. The number of aryl methyl sites for hydroxylation is 1.